The smallest absolute Gasteiger partial charge is 0.258 e. The lowest BCUT2D eigenvalue weighted by Gasteiger charge is -2.14. The predicted octanol–water partition coefficient (Wildman–Crippen LogP) is 3.92. The van der Waals surface area contributed by atoms with E-state index in [1.54, 1.807) is 24.3 Å². The van der Waals surface area contributed by atoms with E-state index in [2.05, 4.69) is 26.6 Å². The molecule has 1 aliphatic rings. The van der Waals surface area contributed by atoms with Gasteiger partial charge in [-0.2, -0.15) is 0 Å². The van der Waals surface area contributed by atoms with Crippen LogP contribution in [-0.2, 0) is 4.79 Å². The molecule has 124 valence electrons. The molecular weight excluding hydrogens is 375 g/mol. The minimum Gasteiger partial charge on any atom is -0.508 e. The second-order valence-corrected chi connectivity index (χ2v) is 6.33. The Morgan fingerprint density at radius 1 is 1.25 bits per heavy atom. The van der Waals surface area contributed by atoms with Crippen molar-refractivity contribution in [1.29, 1.82) is 0 Å². The zero-order valence-electron chi connectivity index (χ0n) is 12.8. The highest BCUT2D eigenvalue weighted by Gasteiger charge is 2.28. The number of benzene rings is 2. The first-order chi connectivity index (χ1) is 11.6. The van der Waals surface area contributed by atoms with Gasteiger partial charge in [0.2, 0.25) is 0 Å². The van der Waals surface area contributed by atoms with Crippen LogP contribution in [0, 0.1) is 0 Å². The molecule has 0 fully saturated rings. The van der Waals surface area contributed by atoms with Crippen molar-refractivity contribution in [3.63, 3.8) is 0 Å². The van der Waals surface area contributed by atoms with Gasteiger partial charge in [-0.25, -0.2) is 0 Å². The van der Waals surface area contributed by atoms with Crippen molar-refractivity contribution in [2.24, 2.45) is 0 Å². The molecular formula is C18H16BrFN2O2. The van der Waals surface area contributed by atoms with Crippen molar-refractivity contribution in [3.8, 4) is 5.75 Å². The lowest BCUT2D eigenvalue weighted by atomic mass is 10.00. The minimum absolute atomic E-state index is 0.103. The van der Waals surface area contributed by atoms with E-state index in [1.165, 1.54) is 0 Å². The van der Waals surface area contributed by atoms with Crippen LogP contribution in [0.25, 0.3) is 11.3 Å². The third kappa shape index (κ3) is 3.28. The number of hydrogen-bond acceptors (Lipinski definition) is 3. The first-order valence-corrected chi connectivity index (χ1v) is 8.34. The summed E-state index contributed by atoms with van der Waals surface area (Å²) in [5, 5.41) is 15.7. The van der Waals surface area contributed by atoms with Gasteiger partial charge in [-0.15, -0.1) is 0 Å². The van der Waals surface area contributed by atoms with Crippen molar-refractivity contribution in [3.05, 3.63) is 58.1 Å². The summed E-state index contributed by atoms with van der Waals surface area (Å²) in [6, 6.07) is 12.2. The number of carbonyl (C=O) groups excluding carboxylic acids is 1. The number of fused-ring (bicyclic) bond motifs is 1. The second kappa shape index (κ2) is 7.05. The number of alkyl halides is 1. The molecule has 1 heterocycles. The minimum atomic E-state index is -0.440. The highest BCUT2D eigenvalue weighted by Crippen LogP contribution is 2.38. The number of carbonyl (C=O) groups is 1. The fourth-order valence-electron chi connectivity index (χ4n) is 2.66. The summed E-state index contributed by atoms with van der Waals surface area (Å²) in [4.78, 5) is 12.5. The van der Waals surface area contributed by atoms with Gasteiger partial charge in [-0.3, -0.25) is 9.18 Å². The number of anilines is 1. The Bertz CT molecular complexity index is 820. The van der Waals surface area contributed by atoms with Crippen LogP contribution in [0.5, 0.6) is 5.75 Å². The zero-order chi connectivity index (χ0) is 17.1. The Balaban J connectivity index is 2.15. The Morgan fingerprint density at radius 2 is 2.08 bits per heavy atom. The third-order valence-corrected chi connectivity index (χ3v) is 4.22. The van der Waals surface area contributed by atoms with Crippen molar-refractivity contribution in [2.75, 3.05) is 18.5 Å². The van der Waals surface area contributed by atoms with Gasteiger partial charge in [0.15, 0.2) is 0 Å². The van der Waals surface area contributed by atoms with Crippen LogP contribution in [0.2, 0.25) is 0 Å². The van der Waals surface area contributed by atoms with E-state index in [0.717, 1.165) is 15.7 Å². The maximum absolute atomic E-state index is 12.5. The quantitative estimate of drug-likeness (QED) is 0.535. The molecule has 1 aliphatic heterocycles. The lowest BCUT2D eigenvalue weighted by Crippen LogP contribution is -2.18. The van der Waals surface area contributed by atoms with Crippen molar-refractivity contribution < 1.29 is 14.3 Å². The monoisotopic (exact) mass is 390 g/mol. The number of rotatable bonds is 5. The summed E-state index contributed by atoms with van der Waals surface area (Å²) in [5.74, 6) is -0.125. The molecule has 0 spiro atoms. The van der Waals surface area contributed by atoms with Crippen LogP contribution in [0.3, 0.4) is 0 Å². The Labute approximate surface area is 147 Å². The number of amides is 1. The standard InChI is InChI=1S/C18H16BrFN2O2/c19-12-5-6-15-14(10-12)16(18(24)22-15)17(21-8-2-7-20)11-3-1-4-13(23)9-11/h1,3-6,9-10,21,23H,2,7-8H2,(H,22,24)/b17-16-. The average Bonchev–Trinajstić information content (AvgIpc) is 2.87. The highest BCUT2D eigenvalue weighted by atomic mass is 79.9. The number of nitrogens with one attached hydrogen (secondary N) is 2. The molecule has 24 heavy (non-hydrogen) atoms. The van der Waals surface area contributed by atoms with Gasteiger partial charge >= 0.3 is 0 Å². The second-order valence-electron chi connectivity index (χ2n) is 5.41. The van der Waals surface area contributed by atoms with Gasteiger partial charge in [-0.05, 0) is 36.8 Å². The van der Waals surface area contributed by atoms with Crippen LogP contribution in [0.15, 0.2) is 46.9 Å². The zero-order valence-corrected chi connectivity index (χ0v) is 14.4. The molecule has 1 amide bonds. The maximum atomic E-state index is 12.5. The maximum Gasteiger partial charge on any atom is 0.258 e. The molecule has 0 saturated carbocycles. The Hall–Kier alpha value is -2.34. The summed E-state index contributed by atoms with van der Waals surface area (Å²) >= 11 is 3.42. The summed E-state index contributed by atoms with van der Waals surface area (Å²) in [6.45, 7) is -0.0500. The number of phenolic OH excluding ortho intramolecular Hbond substituents is 1. The first kappa shape index (κ1) is 16.5. The molecule has 4 nitrogen and oxygen atoms in total. The topological polar surface area (TPSA) is 61.4 Å². The van der Waals surface area contributed by atoms with Crippen molar-refractivity contribution in [1.82, 2.24) is 5.32 Å². The van der Waals surface area contributed by atoms with E-state index in [-0.39, 0.29) is 11.7 Å². The fraction of sp³-hybridized carbons (Fsp3) is 0.167. The van der Waals surface area contributed by atoms with Gasteiger partial charge < -0.3 is 15.7 Å². The first-order valence-electron chi connectivity index (χ1n) is 7.55. The molecule has 0 unspecified atom stereocenters. The van der Waals surface area contributed by atoms with Crippen LogP contribution in [-0.4, -0.2) is 24.2 Å². The lowest BCUT2D eigenvalue weighted by molar-refractivity contribution is -0.110. The number of hydrogen-bond donors (Lipinski definition) is 3. The molecule has 0 saturated heterocycles. The summed E-state index contributed by atoms with van der Waals surface area (Å²) in [6.07, 6.45) is 0.336. The molecule has 0 aliphatic carbocycles. The molecule has 2 aromatic carbocycles. The predicted molar refractivity (Wildman–Crippen MR) is 96.3 cm³/mol. The van der Waals surface area contributed by atoms with Crippen molar-refractivity contribution in [2.45, 2.75) is 6.42 Å². The fourth-order valence-corrected chi connectivity index (χ4v) is 3.03. The summed E-state index contributed by atoms with van der Waals surface area (Å²) in [7, 11) is 0. The van der Waals surface area contributed by atoms with E-state index >= 15 is 0 Å². The summed E-state index contributed by atoms with van der Waals surface area (Å²) in [5.41, 5.74) is 3.22. The van der Waals surface area contributed by atoms with E-state index in [0.29, 0.717) is 29.8 Å². The molecule has 6 heteroatoms. The van der Waals surface area contributed by atoms with Crippen LogP contribution >= 0.6 is 15.9 Å². The number of aromatic hydroxyl groups is 1. The number of halogens is 2. The Kier molecular flexibility index (Phi) is 4.85. The van der Waals surface area contributed by atoms with E-state index in [9.17, 15) is 14.3 Å². The molecule has 0 atom stereocenters. The molecule has 3 rings (SSSR count). The van der Waals surface area contributed by atoms with Gasteiger partial charge in [0.05, 0.1) is 17.9 Å². The normalized spacial score (nSPS) is 15.0. The molecule has 0 aromatic heterocycles. The van der Waals surface area contributed by atoms with E-state index in [1.807, 2.05) is 18.2 Å². The van der Waals surface area contributed by atoms with Gasteiger partial charge in [0.1, 0.15) is 5.75 Å². The van der Waals surface area contributed by atoms with Crippen LogP contribution in [0.4, 0.5) is 10.1 Å². The van der Waals surface area contributed by atoms with Gasteiger partial charge in [0.25, 0.3) is 5.91 Å². The van der Waals surface area contributed by atoms with Crippen LogP contribution in [0.1, 0.15) is 17.5 Å². The third-order valence-electron chi connectivity index (χ3n) is 3.72. The SMILES string of the molecule is O=C1Nc2ccc(Br)cc2/C1=C(/NCCCF)c1cccc(O)c1. The Morgan fingerprint density at radius 3 is 2.83 bits per heavy atom. The average molecular weight is 391 g/mol. The van der Waals surface area contributed by atoms with Crippen molar-refractivity contribution >= 4 is 38.8 Å². The molecule has 0 radical (unpaired) electrons. The summed E-state index contributed by atoms with van der Waals surface area (Å²) < 4.78 is 13.3. The van der Waals surface area contributed by atoms with Crippen LogP contribution < -0.4 is 10.6 Å². The highest BCUT2D eigenvalue weighted by molar-refractivity contribution is 9.10. The number of phenols is 1. The largest absolute Gasteiger partial charge is 0.508 e. The van der Waals surface area contributed by atoms with Gasteiger partial charge in [-0.1, -0.05) is 28.1 Å². The van der Waals surface area contributed by atoms with Gasteiger partial charge in [0, 0.05) is 27.8 Å². The molecule has 3 N–H and O–H groups in total. The molecule has 2 aromatic rings. The van der Waals surface area contributed by atoms with E-state index < -0.39 is 6.67 Å². The van der Waals surface area contributed by atoms with E-state index in [4.69, 9.17) is 0 Å². The molecule has 0 bridgehead atoms.